The van der Waals surface area contributed by atoms with Crippen molar-refractivity contribution in [2.24, 2.45) is 7.05 Å². The predicted molar refractivity (Wildman–Crippen MR) is 110 cm³/mol. The van der Waals surface area contributed by atoms with Gasteiger partial charge >= 0.3 is 0 Å². The van der Waals surface area contributed by atoms with Crippen LogP contribution in [0.2, 0.25) is 0 Å². The molecule has 0 aliphatic heterocycles. The van der Waals surface area contributed by atoms with Gasteiger partial charge in [0, 0.05) is 56.7 Å². The number of aryl methyl sites for hydroxylation is 1. The Labute approximate surface area is 169 Å². The molecule has 1 N–H and O–H groups in total. The molecule has 152 valence electrons. The summed E-state index contributed by atoms with van der Waals surface area (Å²) in [6, 6.07) is 14.4. The molecule has 3 rings (SSSR count). The molecule has 0 unspecified atom stereocenters. The number of methoxy groups -OCH3 is 1. The zero-order valence-electron chi connectivity index (χ0n) is 16.5. The number of non-ortho nitro benzene ring substituents is 1. The fourth-order valence-corrected chi connectivity index (χ4v) is 2.98. The largest absolute Gasteiger partial charge is 0.491 e. The normalized spacial score (nSPS) is 10.8. The van der Waals surface area contributed by atoms with Crippen LogP contribution in [0.25, 0.3) is 11.3 Å². The Morgan fingerprint density at radius 2 is 1.93 bits per heavy atom. The third-order valence-corrected chi connectivity index (χ3v) is 4.36. The van der Waals surface area contributed by atoms with Gasteiger partial charge < -0.3 is 14.8 Å². The highest BCUT2D eigenvalue weighted by Gasteiger charge is 2.12. The molecule has 29 heavy (non-hydrogen) atoms. The molecule has 8 heteroatoms. The first-order chi connectivity index (χ1) is 14.1. The van der Waals surface area contributed by atoms with Gasteiger partial charge in [-0.3, -0.25) is 14.8 Å². The van der Waals surface area contributed by atoms with E-state index in [-0.39, 0.29) is 5.69 Å². The summed E-state index contributed by atoms with van der Waals surface area (Å²) in [4.78, 5) is 10.4. The molecule has 0 spiro atoms. The summed E-state index contributed by atoms with van der Waals surface area (Å²) in [7, 11) is 3.51. The van der Waals surface area contributed by atoms with Gasteiger partial charge in [-0.1, -0.05) is 12.1 Å². The van der Waals surface area contributed by atoms with Crippen LogP contribution in [0.4, 0.5) is 5.69 Å². The van der Waals surface area contributed by atoms with Gasteiger partial charge in [0.25, 0.3) is 5.69 Å². The van der Waals surface area contributed by atoms with E-state index in [0.717, 1.165) is 28.1 Å². The Balaban J connectivity index is 1.63. The Morgan fingerprint density at radius 1 is 1.14 bits per heavy atom. The molecular weight excluding hydrogens is 372 g/mol. The van der Waals surface area contributed by atoms with Crippen molar-refractivity contribution in [1.82, 2.24) is 15.1 Å². The average Bonchev–Trinajstić information content (AvgIpc) is 3.09. The van der Waals surface area contributed by atoms with Crippen molar-refractivity contribution in [1.29, 1.82) is 0 Å². The van der Waals surface area contributed by atoms with E-state index in [9.17, 15) is 10.1 Å². The van der Waals surface area contributed by atoms with Gasteiger partial charge in [-0.2, -0.15) is 5.10 Å². The second-order valence-corrected chi connectivity index (χ2v) is 6.57. The number of aromatic nitrogens is 2. The maximum absolute atomic E-state index is 10.9. The Morgan fingerprint density at radius 3 is 2.66 bits per heavy atom. The van der Waals surface area contributed by atoms with Crippen molar-refractivity contribution in [3.63, 3.8) is 0 Å². The Hall–Kier alpha value is -3.23. The first kappa shape index (κ1) is 20.5. The zero-order valence-corrected chi connectivity index (χ0v) is 16.5. The number of ether oxygens (including phenoxy) is 2. The van der Waals surface area contributed by atoms with Crippen LogP contribution in [0.3, 0.4) is 0 Å². The van der Waals surface area contributed by atoms with Crippen LogP contribution in [0.5, 0.6) is 5.75 Å². The van der Waals surface area contributed by atoms with E-state index in [1.807, 2.05) is 37.5 Å². The third kappa shape index (κ3) is 5.63. The van der Waals surface area contributed by atoms with E-state index >= 15 is 0 Å². The number of nitrogens with zero attached hydrogens (tertiary/aromatic N) is 3. The molecule has 3 aromatic rings. The molecule has 0 saturated carbocycles. The van der Waals surface area contributed by atoms with E-state index in [0.29, 0.717) is 26.3 Å². The quantitative estimate of drug-likeness (QED) is 0.321. The van der Waals surface area contributed by atoms with Crippen LogP contribution < -0.4 is 10.1 Å². The van der Waals surface area contributed by atoms with E-state index in [2.05, 4.69) is 10.4 Å². The lowest BCUT2D eigenvalue weighted by molar-refractivity contribution is -0.384. The molecule has 0 atom stereocenters. The second-order valence-electron chi connectivity index (χ2n) is 6.57. The molecule has 0 bridgehead atoms. The number of rotatable bonds is 10. The van der Waals surface area contributed by atoms with Gasteiger partial charge in [-0.05, 0) is 29.8 Å². The lowest BCUT2D eigenvalue weighted by Gasteiger charge is -2.09. The summed E-state index contributed by atoms with van der Waals surface area (Å²) in [5.41, 5.74) is 3.86. The highest BCUT2D eigenvalue weighted by atomic mass is 16.6. The number of nitrogens with one attached hydrogen (secondary N) is 1. The number of nitro groups is 1. The molecule has 0 fully saturated rings. The van der Waals surface area contributed by atoms with Crippen LogP contribution in [0.15, 0.2) is 54.7 Å². The third-order valence-electron chi connectivity index (χ3n) is 4.36. The maximum Gasteiger partial charge on any atom is 0.269 e. The molecule has 0 amide bonds. The first-order valence-electron chi connectivity index (χ1n) is 9.25. The van der Waals surface area contributed by atoms with Gasteiger partial charge in [-0.15, -0.1) is 0 Å². The standard InChI is InChI=1S/C21H24N4O4/c1-24-15-18(21(23-24)17-6-8-19(9-7-17)25(26)27)14-22-13-16-4-3-5-20(12-16)29-11-10-28-2/h3-9,12,15,22H,10-11,13-14H2,1-2H3. The van der Waals surface area contributed by atoms with Gasteiger partial charge in [0.15, 0.2) is 0 Å². The SMILES string of the molecule is COCCOc1cccc(CNCc2cn(C)nc2-c2ccc([N+](=O)[O-])cc2)c1. The van der Waals surface area contributed by atoms with Crippen LogP contribution >= 0.6 is 0 Å². The molecule has 1 heterocycles. The van der Waals surface area contributed by atoms with Gasteiger partial charge in [-0.25, -0.2) is 0 Å². The van der Waals surface area contributed by atoms with Crippen molar-refractivity contribution >= 4 is 5.69 Å². The number of hydrogen-bond acceptors (Lipinski definition) is 6. The number of hydrogen-bond donors (Lipinski definition) is 1. The summed E-state index contributed by atoms with van der Waals surface area (Å²) in [6.07, 6.45) is 1.95. The number of benzene rings is 2. The smallest absolute Gasteiger partial charge is 0.269 e. The van der Waals surface area contributed by atoms with Crippen molar-refractivity contribution in [2.75, 3.05) is 20.3 Å². The molecule has 2 aromatic carbocycles. The van der Waals surface area contributed by atoms with E-state index < -0.39 is 4.92 Å². The van der Waals surface area contributed by atoms with Crippen molar-refractivity contribution in [2.45, 2.75) is 13.1 Å². The Bertz CT molecular complexity index is 954. The molecule has 0 aliphatic rings. The topological polar surface area (TPSA) is 91.5 Å². The molecular formula is C21H24N4O4. The molecule has 8 nitrogen and oxygen atoms in total. The monoisotopic (exact) mass is 396 g/mol. The maximum atomic E-state index is 10.9. The second kappa shape index (κ2) is 9.81. The fourth-order valence-electron chi connectivity index (χ4n) is 2.98. The van der Waals surface area contributed by atoms with Gasteiger partial charge in [0.05, 0.1) is 17.2 Å². The lowest BCUT2D eigenvalue weighted by Crippen LogP contribution is -2.13. The summed E-state index contributed by atoms with van der Waals surface area (Å²) >= 11 is 0. The first-order valence-corrected chi connectivity index (χ1v) is 9.25. The van der Waals surface area contributed by atoms with E-state index in [4.69, 9.17) is 9.47 Å². The number of nitro benzene ring substituents is 1. The van der Waals surface area contributed by atoms with Gasteiger partial charge in [0.2, 0.25) is 0 Å². The van der Waals surface area contributed by atoms with Crippen molar-refractivity contribution < 1.29 is 14.4 Å². The molecule has 0 aliphatic carbocycles. The minimum Gasteiger partial charge on any atom is -0.491 e. The molecule has 0 radical (unpaired) electrons. The fraction of sp³-hybridized carbons (Fsp3) is 0.286. The van der Waals surface area contributed by atoms with E-state index in [1.54, 1.807) is 23.9 Å². The summed E-state index contributed by atoms with van der Waals surface area (Å²) in [5.74, 6) is 0.814. The summed E-state index contributed by atoms with van der Waals surface area (Å²) in [6.45, 7) is 2.36. The lowest BCUT2D eigenvalue weighted by atomic mass is 10.1. The van der Waals surface area contributed by atoms with Crippen molar-refractivity contribution in [3.8, 4) is 17.0 Å². The van der Waals surface area contributed by atoms with Crippen molar-refractivity contribution in [3.05, 3.63) is 76.0 Å². The summed E-state index contributed by atoms with van der Waals surface area (Å²) < 4.78 is 12.4. The highest BCUT2D eigenvalue weighted by Crippen LogP contribution is 2.24. The average molecular weight is 396 g/mol. The van der Waals surface area contributed by atoms with Gasteiger partial charge in [0.1, 0.15) is 12.4 Å². The highest BCUT2D eigenvalue weighted by molar-refractivity contribution is 5.64. The predicted octanol–water partition coefficient (Wildman–Crippen LogP) is 3.31. The summed E-state index contributed by atoms with van der Waals surface area (Å²) in [5, 5.41) is 18.8. The van der Waals surface area contributed by atoms with Crippen LogP contribution in [-0.4, -0.2) is 35.0 Å². The van der Waals surface area contributed by atoms with Crippen LogP contribution in [0.1, 0.15) is 11.1 Å². The molecule has 1 aromatic heterocycles. The van der Waals surface area contributed by atoms with Crippen LogP contribution in [0, 0.1) is 10.1 Å². The Kier molecular flexibility index (Phi) is 6.94. The minimum absolute atomic E-state index is 0.0666. The van der Waals surface area contributed by atoms with Crippen LogP contribution in [-0.2, 0) is 24.9 Å². The minimum atomic E-state index is -0.405. The van der Waals surface area contributed by atoms with E-state index in [1.165, 1.54) is 12.1 Å². The molecule has 0 saturated heterocycles. The zero-order chi connectivity index (χ0) is 20.6.